The molecule has 5 aromatic carbocycles. The van der Waals surface area contributed by atoms with E-state index in [-0.39, 0.29) is 0 Å². The van der Waals surface area contributed by atoms with E-state index in [0.717, 1.165) is 44.6 Å². The van der Waals surface area contributed by atoms with Gasteiger partial charge in [0.15, 0.2) is 0 Å². The summed E-state index contributed by atoms with van der Waals surface area (Å²) in [4.78, 5) is 4.93. The lowest BCUT2D eigenvalue weighted by molar-refractivity contribution is 1.09. The number of aromatic nitrogens is 3. The lowest BCUT2D eigenvalue weighted by Crippen LogP contribution is -2.05. The van der Waals surface area contributed by atoms with Crippen molar-refractivity contribution in [1.29, 1.82) is 5.26 Å². The highest BCUT2D eigenvalue weighted by Crippen LogP contribution is 2.44. The van der Waals surface area contributed by atoms with Gasteiger partial charge in [-0.3, -0.25) is 4.98 Å². The molecule has 8 aromatic rings. The number of hydrogen-bond donors (Lipinski definition) is 0. The molecule has 0 atom stereocenters. The fourth-order valence-corrected chi connectivity index (χ4v) is 7.29. The highest BCUT2D eigenvalue weighted by atomic mass is 15.0. The van der Waals surface area contributed by atoms with Gasteiger partial charge in [0, 0.05) is 32.7 Å². The number of fused-ring (bicyclic) bond motifs is 6. The second kappa shape index (κ2) is 9.69. The quantitative estimate of drug-likeness (QED) is 0.214. The van der Waals surface area contributed by atoms with Crippen molar-refractivity contribution in [3.05, 3.63) is 137 Å². The van der Waals surface area contributed by atoms with E-state index in [9.17, 15) is 5.26 Å². The van der Waals surface area contributed by atoms with Crippen LogP contribution in [0, 0.1) is 39.0 Å². The fourth-order valence-electron chi connectivity index (χ4n) is 7.29. The predicted molar refractivity (Wildman–Crippen MR) is 182 cm³/mol. The number of hydrogen-bond acceptors (Lipinski definition) is 2. The van der Waals surface area contributed by atoms with Crippen molar-refractivity contribution < 1.29 is 0 Å². The number of nitriles is 1. The first-order valence-corrected chi connectivity index (χ1v) is 15.0. The van der Waals surface area contributed by atoms with Crippen LogP contribution in [0.5, 0.6) is 0 Å². The minimum absolute atomic E-state index is 0.627. The van der Waals surface area contributed by atoms with Crippen LogP contribution >= 0.6 is 0 Å². The number of nitrogens with zero attached hydrogens (tertiary/aromatic N) is 4. The van der Waals surface area contributed by atoms with Crippen molar-refractivity contribution >= 4 is 43.6 Å². The van der Waals surface area contributed by atoms with Gasteiger partial charge in [0.1, 0.15) is 0 Å². The Kier molecular flexibility index (Phi) is 5.73. The standard InChI is InChI=1S/C40H30N4/c1-24-11-7-17-30-36(24)37-25(2)12-8-18-31(37)43(30)34-22-42-23-35(40(34)29-16-6-5-15-28(29)21-41)44-32-19-9-13-26(3)38(32)39-27(4)14-10-20-33(39)44/h5-20,22-23H,1-4H3. The van der Waals surface area contributed by atoms with Crippen LogP contribution in [-0.4, -0.2) is 14.1 Å². The van der Waals surface area contributed by atoms with E-state index in [1.165, 1.54) is 43.8 Å². The molecule has 0 N–H and O–H groups in total. The molecule has 4 nitrogen and oxygen atoms in total. The van der Waals surface area contributed by atoms with Gasteiger partial charge in [-0.15, -0.1) is 0 Å². The molecule has 0 fully saturated rings. The van der Waals surface area contributed by atoms with Gasteiger partial charge < -0.3 is 9.13 Å². The summed E-state index contributed by atoms with van der Waals surface area (Å²) in [6.07, 6.45) is 3.92. The van der Waals surface area contributed by atoms with Crippen LogP contribution in [0.15, 0.2) is 109 Å². The van der Waals surface area contributed by atoms with Crippen molar-refractivity contribution in [2.75, 3.05) is 0 Å². The van der Waals surface area contributed by atoms with Crippen molar-refractivity contribution in [2.45, 2.75) is 27.7 Å². The molecule has 8 rings (SSSR count). The predicted octanol–water partition coefficient (Wildman–Crippen LogP) is 10.0. The van der Waals surface area contributed by atoms with E-state index in [2.05, 4.69) is 122 Å². The molecule has 3 heterocycles. The molecule has 0 radical (unpaired) electrons. The lowest BCUT2D eigenvalue weighted by atomic mass is 9.97. The third-order valence-corrected chi connectivity index (χ3v) is 9.17. The van der Waals surface area contributed by atoms with Crippen LogP contribution in [0.25, 0.3) is 66.1 Å². The van der Waals surface area contributed by atoms with Crippen molar-refractivity contribution in [3.63, 3.8) is 0 Å². The molecule has 0 aliphatic carbocycles. The molecule has 44 heavy (non-hydrogen) atoms. The summed E-state index contributed by atoms with van der Waals surface area (Å²) in [6, 6.07) is 36.4. The molecule has 0 saturated heterocycles. The van der Waals surface area contributed by atoms with Crippen molar-refractivity contribution in [1.82, 2.24) is 14.1 Å². The first-order chi connectivity index (χ1) is 21.5. The van der Waals surface area contributed by atoms with E-state index in [1.807, 2.05) is 30.6 Å². The van der Waals surface area contributed by atoms with E-state index in [4.69, 9.17) is 4.98 Å². The molecular weight excluding hydrogens is 536 g/mol. The summed E-state index contributed by atoms with van der Waals surface area (Å²) in [5.74, 6) is 0. The van der Waals surface area contributed by atoms with Crippen molar-refractivity contribution in [2.24, 2.45) is 0 Å². The Labute approximate surface area is 256 Å². The largest absolute Gasteiger partial charge is 0.307 e. The molecule has 210 valence electrons. The summed E-state index contributed by atoms with van der Waals surface area (Å²) in [6.45, 7) is 8.73. The van der Waals surface area contributed by atoms with Crippen LogP contribution in [0.4, 0.5) is 0 Å². The molecule has 0 aliphatic rings. The maximum absolute atomic E-state index is 10.4. The Morgan fingerprint density at radius 2 is 0.886 bits per heavy atom. The molecule has 0 saturated carbocycles. The molecular formula is C40H30N4. The minimum atomic E-state index is 0.627. The van der Waals surface area contributed by atoms with Gasteiger partial charge in [-0.25, -0.2) is 0 Å². The third kappa shape index (κ3) is 3.53. The van der Waals surface area contributed by atoms with Crippen LogP contribution < -0.4 is 0 Å². The molecule has 0 amide bonds. The second-order valence-electron chi connectivity index (χ2n) is 11.8. The summed E-state index contributed by atoms with van der Waals surface area (Å²) in [5, 5.41) is 15.4. The smallest absolute Gasteiger partial charge is 0.0998 e. The zero-order valence-corrected chi connectivity index (χ0v) is 25.2. The van der Waals surface area contributed by atoms with E-state index in [1.54, 1.807) is 0 Å². The third-order valence-electron chi connectivity index (χ3n) is 9.17. The number of benzene rings is 5. The van der Waals surface area contributed by atoms with Gasteiger partial charge in [0.25, 0.3) is 0 Å². The summed E-state index contributed by atoms with van der Waals surface area (Å²) in [5.41, 5.74) is 13.8. The highest BCUT2D eigenvalue weighted by Gasteiger charge is 2.24. The molecule has 0 bridgehead atoms. The Morgan fingerprint density at radius 3 is 1.27 bits per heavy atom. The zero-order chi connectivity index (χ0) is 30.1. The van der Waals surface area contributed by atoms with E-state index < -0.39 is 0 Å². The monoisotopic (exact) mass is 566 g/mol. The van der Waals surface area contributed by atoms with Crippen LogP contribution in [0.3, 0.4) is 0 Å². The molecule has 4 heteroatoms. The molecule has 0 spiro atoms. The maximum Gasteiger partial charge on any atom is 0.0998 e. The maximum atomic E-state index is 10.4. The Balaban J connectivity index is 1.61. The van der Waals surface area contributed by atoms with Gasteiger partial charge in [0.05, 0.1) is 57.5 Å². The number of pyridine rings is 1. The zero-order valence-electron chi connectivity index (χ0n) is 25.2. The lowest BCUT2D eigenvalue weighted by Gasteiger charge is -2.20. The molecule has 0 aliphatic heterocycles. The highest BCUT2D eigenvalue weighted by molar-refractivity contribution is 6.14. The average Bonchev–Trinajstić information content (AvgIpc) is 3.57. The van der Waals surface area contributed by atoms with Crippen LogP contribution in [0.2, 0.25) is 0 Å². The number of rotatable bonds is 3. The topological polar surface area (TPSA) is 46.5 Å². The van der Waals surface area contributed by atoms with Gasteiger partial charge in [-0.1, -0.05) is 66.7 Å². The van der Waals surface area contributed by atoms with Crippen molar-refractivity contribution in [3.8, 4) is 28.6 Å². The Morgan fingerprint density at radius 1 is 0.500 bits per heavy atom. The van der Waals surface area contributed by atoms with Gasteiger partial charge in [0.2, 0.25) is 0 Å². The average molecular weight is 567 g/mol. The Hall–Kier alpha value is -5.66. The Bertz CT molecular complexity index is 2240. The van der Waals surface area contributed by atoms with Gasteiger partial charge >= 0.3 is 0 Å². The summed E-state index contributed by atoms with van der Waals surface area (Å²) in [7, 11) is 0. The molecule has 3 aromatic heterocycles. The first-order valence-electron chi connectivity index (χ1n) is 15.0. The molecule has 0 unspecified atom stereocenters. The first kappa shape index (κ1) is 26.0. The second-order valence-corrected chi connectivity index (χ2v) is 11.8. The van der Waals surface area contributed by atoms with E-state index in [0.29, 0.717) is 5.56 Å². The minimum Gasteiger partial charge on any atom is -0.307 e. The van der Waals surface area contributed by atoms with Gasteiger partial charge in [-0.2, -0.15) is 5.26 Å². The number of aryl methyl sites for hydroxylation is 4. The van der Waals surface area contributed by atoms with Gasteiger partial charge in [-0.05, 0) is 80.3 Å². The summed E-state index contributed by atoms with van der Waals surface area (Å²) < 4.78 is 4.68. The SMILES string of the molecule is Cc1cccc2c1c1c(C)cccc1n2-c1cncc(-n2c3cccc(C)c3c3c(C)cccc32)c1-c1ccccc1C#N. The fraction of sp³-hybridized carbons (Fsp3) is 0.100. The van der Waals surface area contributed by atoms with Crippen LogP contribution in [0.1, 0.15) is 27.8 Å². The van der Waals surface area contributed by atoms with E-state index >= 15 is 0 Å². The van der Waals surface area contributed by atoms with Crippen LogP contribution in [-0.2, 0) is 0 Å². The summed E-state index contributed by atoms with van der Waals surface area (Å²) >= 11 is 0. The normalized spacial score (nSPS) is 11.6.